The van der Waals surface area contributed by atoms with Crippen LogP contribution in [0.4, 0.5) is 0 Å². The van der Waals surface area contributed by atoms with Crippen molar-refractivity contribution in [3.05, 3.63) is 0 Å². The van der Waals surface area contributed by atoms with Gasteiger partial charge in [-0.05, 0) is 30.6 Å². The molecule has 2 saturated carbocycles. The van der Waals surface area contributed by atoms with E-state index in [9.17, 15) is 4.79 Å². The third-order valence-electron chi connectivity index (χ3n) is 6.55. The van der Waals surface area contributed by atoms with Gasteiger partial charge in [0.25, 0.3) is 0 Å². The van der Waals surface area contributed by atoms with Crippen molar-refractivity contribution in [2.45, 2.75) is 46.1 Å². The lowest BCUT2D eigenvalue weighted by Gasteiger charge is -2.38. The van der Waals surface area contributed by atoms with E-state index in [1.54, 1.807) is 0 Å². The molecule has 0 unspecified atom stereocenters. The molecule has 3 aliphatic rings. The molecule has 0 amide bonds. The van der Waals surface area contributed by atoms with E-state index in [0.29, 0.717) is 12.0 Å². The molecule has 20 heavy (non-hydrogen) atoms. The Balaban J connectivity index is 1.57. The van der Waals surface area contributed by atoms with Gasteiger partial charge in [0.2, 0.25) is 0 Å². The van der Waals surface area contributed by atoms with Crippen LogP contribution < -0.4 is 5.32 Å². The largest absolute Gasteiger partial charge is 0.461 e. The van der Waals surface area contributed by atoms with Gasteiger partial charge < -0.3 is 10.1 Å². The van der Waals surface area contributed by atoms with Crippen LogP contribution in [0.15, 0.2) is 0 Å². The molecule has 2 aliphatic carbocycles. The second-order valence-corrected chi connectivity index (χ2v) is 7.62. The summed E-state index contributed by atoms with van der Waals surface area (Å²) in [7, 11) is 0. The molecule has 0 aromatic carbocycles. The molecule has 3 atom stereocenters. The molecular formula is C16H28N2O2. The van der Waals surface area contributed by atoms with Crippen molar-refractivity contribution in [1.29, 1.82) is 0 Å². The zero-order valence-electron chi connectivity index (χ0n) is 13.1. The standard InChI is InChI=1S/C16H28N2O2/c1-15(2)12-4-5-16(15,3)13(10-12)20-14(19)11-18-8-6-17-7-9-18/h12-13,17H,4-11H2,1-3H3/t12-,13+,16+/m0/s1. The van der Waals surface area contributed by atoms with Crippen molar-refractivity contribution in [2.24, 2.45) is 16.7 Å². The van der Waals surface area contributed by atoms with Gasteiger partial charge in [0.05, 0.1) is 6.54 Å². The first kappa shape index (κ1) is 14.3. The van der Waals surface area contributed by atoms with Gasteiger partial charge in [-0.3, -0.25) is 9.69 Å². The van der Waals surface area contributed by atoms with E-state index in [4.69, 9.17) is 4.74 Å². The Morgan fingerprint density at radius 2 is 2.00 bits per heavy atom. The molecule has 1 heterocycles. The Labute approximate surface area is 122 Å². The fourth-order valence-electron chi connectivity index (χ4n) is 4.56. The Kier molecular flexibility index (Phi) is 3.57. The van der Waals surface area contributed by atoms with Crippen LogP contribution in [0.1, 0.15) is 40.0 Å². The lowest BCUT2D eigenvalue weighted by molar-refractivity contribution is -0.158. The van der Waals surface area contributed by atoms with E-state index in [1.807, 2.05) is 0 Å². The SMILES string of the molecule is CC1(C)[C@H]2CC[C@]1(C)[C@H](OC(=O)CN1CCNCC1)C2. The number of carbonyl (C=O) groups is 1. The average molecular weight is 280 g/mol. The molecule has 0 aromatic rings. The lowest BCUT2D eigenvalue weighted by atomic mass is 9.70. The van der Waals surface area contributed by atoms with Gasteiger partial charge in [0.1, 0.15) is 6.10 Å². The Hall–Kier alpha value is -0.610. The maximum absolute atomic E-state index is 12.2. The summed E-state index contributed by atoms with van der Waals surface area (Å²) in [6.45, 7) is 11.3. The topological polar surface area (TPSA) is 41.6 Å². The smallest absolute Gasteiger partial charge is 0.320 e. The molecule has 4 nitrogen and oxygen atoms in total. The van der Waals surface area contributed by atoms with Gasteiger partial charge in [-0.15, -0.1) is 0 Å². The summed E-state index contributed by atoms with van der Waals surface area (Å²) in [4.78, 5) is 14.4. The minimum Gasteiger partial charge on any atom is -0.461 e. The van der Waals surface area contributed by atoms with Gasteiger partial charge in [-0.25, -0.2) is 0 Å². The molecule has 0 spiro atoms. The quantitative estimate of drug-likeness (QED) is 0.798. The predicted octanol–water partition coefficient (Wildman–Crippen LogP) is 1.65. The van der Waals surface area contributed by atoms with E-state index in [0.717, 1.165) is 38.5 Å². The van der Waals surface area contributed by atoms with Gasteiger partial charge in [0, 0.05) is 31.6 Å². The number of esters is 1. The highest BCUT2D eigenvalue weighted by Gasteiger charge is 2.62. The van der Waals surface area contributed by atoms with Crippen LogP contribution in [0.2, 0.25) is 0 Å². The minimum absolute atomic E-state index is 0.0264. The third-order valence-corrected chi connectivity index (χ3v) is 6.55. The number of rotatable bonds is 3. The van der Waals surface area contributed by atoms with E-state index in [1.165, 1.54) is 12.8 Å². The van der Waals surface area contributed by atoms with Crippen LogP contribution in [0.3, 0.4) is 0 Å². The van der Waals surface area contributed by atoms with Gasteiger partial charge in [-0.2, -0.15) is 0 Å². The Bertz CT molecular complexity index is 390. The van der Waals surface area contributed by atoms with Crippen molar-refractivity contribution in [3.63, 3.8) is 0 Å². The van der Waals surface area contributed by atoms with Crippen molar-refractivity contribution >= 4 is 5.97 Å². The summed E-state index contributed by atoms with van der Waals surface area (Å²) in [5.74, 6) is 0.700. The molecule has 0 radical (unpaired) electrons. The van der Waals surface area contributed by atoms with E-state index < -0.39 is 0 Å². The molecule has 3 rings (SSSR count). The number of nitrogens with zero attached hydrogens (tertiary/aromatic N) is 1. The van der Waals surface area contributed by atoms with Crippen LogP contribution in [0.5, 0.6) is 0 Å². The highest BCUT2D eigenvalue weighted by Crippen LogP contribution is 2.66. The highest BCUT2D eigenvalue weighted by atomic mass is 16.5. The fraction of sp³-hybridized carbons (Fsp3) is 0.938. The molecule has 1 N–H and O–H groups in total. The average Bonchev–Trinajstić information content (AvgIpc) is 2.73. The monoisotopic (exact) mass is 280 g/mol. The van der Waals surface area contributed by atoms with Gasteiger partial charge in [-0.1, -0.05) is 20.8 Å². The predicted molar refractivity (Wildman–Crippen MR) is 78.4 cm³/mol. The molecule has 114 valence electrons. The summed E-state index contributed by atoms with van der Waals surface area (Å²) in [5, 5.41) is 3.31. The number of piperazine rings is 1. The maximum Gasteiger partial charge on any atom is 0.320 e. The number of carbonyl (C=O) groups excluding carboxylic acids is 1. The van der Waals surface area contributed by atoms with E-state index in [2.05, 4.69) is 31.0 Å². The second-order valence-electron chi connectivity index (χ2n) is 7.62. The number of nitrogens with one attached hydrogen (secondary N) is 1. The van der Waals surface area contributed by atoms with Crippen molar-refractivity contribution in [3.8, 4) is 0 Å². The summed E-state index contributed by atoms with van der Waals surface area (Å²) in [6.07, 6.45) is 3.70. The van der Waals surface area contributed by atoms with Gasteiger partial charge in [0.15, 0.2) is 0 Å². The van der Waals surface area contributed by atoms with E-state index in [-0.39, 0.29) is 17.5 Å². The zero-order valence-corrected chi connectivity index (χ0v) is 13.1. The molecule has 1 aliphatic heterocycles. The Morgan fingerprint density at radius 3 is 2.55 bits per heavy atom. The van der Waals surface area contributed by atoms with Crippen molar-refractivity contribution < 1.29 is 9.53 Å². The number of hydrogen-bond donors (Lipinski definition) is 1. The number of ether oxygens (including phenoxy) is 1. The van der Waals surface area contributed by atoms with Crippen LogP contribution in [-0.4, -0.2) is 49.7 Å². The van der Waals surface area contributed by atoms with Crippen LogP contribution in [-0.2, 0) is 9.53 Å². The van der Waals surface area contributed by atoms with E-state index >= 15 is 0 Å². The number of hydrogen-bond acceptors (Lipinski definition) is 4. The first-order valence-electron chi connectivity index (χ1n) is 8.06. The zero-order chi connectivity index (χ0) is 14.4. The summed E-state index contributed by atoms with van der Waals surface area (Å²) in [5.41, 5.74) is 0.490. The summed E-state index contributed by atoms with van der Waals surface area (Å²) >= 11 is 0. The van der Waals surface area contributed by atoms with Gasteiger partial charge >= 0.3 is 5.97 Å². The molecule has 0 aromatic heterocycles. The fourth-order valence-corrected chi connectivity index (χ4v) is 4.56. The second kappa shape index (κ2) is 4.99. The summed E-state index contributed by atoms with van der Waals surface area (Å²) in [6, 6.07) is 0. The maximum atomic E-state index is 12.2. The first-order chi connectivity index (χ1) is 9.43. The molecule has 4 heteroatoms. The highest BCUT2D eigenvalue weighted by molar-refractivity contribution is 5.72. The minimum atomic E-state index is -0.0264. The van der Waals surface area contributed by atoms with Crippen LogP contribution >= 0.6 is 0 Å². The van der Waals surface area contributed by atoms with Crippen molar-refractivity contribution in [1.82, 2.24) is 10.2 Å². The molecule has 2 bridgehead atoms. The van der Waals surface area contributed by atoms with Crippen LogP contribution in [0, 0.1) is 16.7 Å². The molecule has 1 saturated heterocycles. The normalized spacial score (nSPS) is 40.0. The van der Waals surface area contributed by atoms with Crippen LogP contribution in [0.25, 0.3) is 0 Å². The van der Waals surface area contributed by atoms with Crippen molar-refractivity contribution in [2.75, 3.05) is 32.7 Å². The molecular weight excluding hydrogens is 252 g/mol. The third kappa shape index (κ3) is 2.17. The number of fused-ring (bicyclic) bond motifs is 2. The lowest BCUT2D eigenvalue weighted by Crippen LogP contribution is -2.47. The first-order valence-corrected chi connectivity index (χ1v) is 8.06. The Morgan fingerprint density at radius 1 is 1.30 bits per heavy atom. The molecule has 3 fully saturated rings. The summed E-state index contributed by atoms with van der Waals surface area (Å²) < 4.78 is 5.89.